The quantitative estimate of drug-likeness (QED) is 0.318. The van der Waals surface area contributed by atoms with E-state index >= 15 is 0 Å². The molecule has 0 fully saturated rings. The summed E-state index contributed by atoms with van der Waals surface area (Å²) in [6.07, 6.45) is 1.65. The fourth-order valence-corrected chi connectivity index (χ4v) is 5.10. The van der Waals surface area contributed by atoms with Crippen LogP contribution >= 0.6 is 11.3 Å². The number of aryl methyl sites for hydroxylation is 1. The number of methoxy groups -OCH3 is 1. The van der Waals surface area contributed by atoms with Gasteiger partial charge < -0.3 is 4.74 Å². The summed E-state index contributed by atoms with van der Waals surface area (Å²) in [4.78, 5) is 5.33. The lowest BCUT2D eigenvalue weighted by molar-refractivity contribution is 0.415. The fraction of sp³-hybridized carbons (Fsp3) is 0.154. The molecule has 7 nitrogen and oxygen atoms in total. The summed E-state index contributed by atoms with van der Waals surface area (Å²) in [5.74, 6) is 0.339. The van der Waals surface area contributed by atoms with Crippen molar-refractivity contribution in [2.45, 2.75) is 11.8 Å². The Bertz CT molecular complexity index is 1590. The zero-order valence-corrected chi connectivity index (χ0v) is 21.8. The van der Waals surface area contributed by atoms with E-state index in [4.69, 9.17) is 9.73 Å². The van der Waals surface area contributed by atoms with E-state index in [1.807, 2.05) is 31.2 Å². The van der Waals surface area contributed by atoms with E-state index in [9.17, 15) is 12.8 Å². The molecule has 0 spiro atoms. The predicted molar refractivity (Wildman–Crippen MR) is 141 cm³/mol. The largest absolute Gasteiger partial charge is 0.497 e. The Morgan fingerprint density at radius 2 is 1.78 bits per heavy atom. The monoisotopic (exact) mass is 524 g/mol. The molecule has 1 aromatic heterocycles. The number of aromatic nitrogens is 1. The van der Waals surface area contributed by atoms with Gasteiger partial charge in [0.2, 0.25) is 14.8 Å². The number of thiazole rings is 1. The summed E-state index contributed by atoms with van der Waals surface area (Å²) < 4.78 is 47.9. The molecule has 0 unspecified atom stereocenters. The minimum atomic E-state index is -3.63. The second kappa shape index (κ2) is 10.6. The van der Waals surface area contributed by atoms with Crippen LogP contribution in [-0.2, 0) is 10.0 Å². The summed E-state index contributed by atoms with van der Waals surface area (Å²) in [5.41, 5.74) is 2.99. The summed E-state index contributed by atoms with van der Waals surface area (Å²) in [7, 11) is 0.923. The molecular formula is C26H25FN4O3S2. The topological polar surface area (TPSA) is 76.3 Å². The zero-order valence-electron chi connectivity index (χ0n) is 20.2. The van der Waals surface area contributed by atoms with Crippen LogP contribution in [0.3, 0.4) is 0 Å². The molecule has 4 rings (SSSR count). The summed E-state index contributed by atoms with van der Waals surface area (Å²) in [6.45, 7) is 1.85. The van der Waals surface area contributed by atoms with Crippen molar-refractivity contribution in [3.63, 3.8) is 0 Å². The normalized spacial score (nSPS) is 12.6. The third kappa shape index (κ3) is 5.30. The van der Waals surface area contributed by atoms with Crippen molar-refractivity contribution in [3.05, 3.63) is 93.9 Å². The molecule has 10 heteroatoms. The van der Waals surface area contributed by atoms with E-state index < -0.39 is 10.0 Å². The molecule has 0 saturated carbocycles. The zero-order chi connectivity index (χ0) is 25.9. The minimum Gasteiger partial charge on any atom is -0.497 e. The lowest BCUT2D eigenvalue weighted by Gasteiger charge is -2.12. The first-order chi connectivity index (χ1) is 17.2. The molecule has 36 heavy (non-hydrogen) atoms. The molecule has 3 aromatic carbocycles. The first kappa shape index (κ1) is 25.5. The van der Waals surface area contributed by atoms with Crippen LogP contribution in [0.25, 0.3) is 11.3 Å². The third-order valence-electron chi connectivity index (χ3n) is 5.45. The van der Waals surface area contributed by atoms with Gasteiger partial charge in [0.1, 0.15) is 11.6 Å². The smallest absolute Gasteiger partial charge is 0.242 e. The maximum Gasteiger partial charge on any atom is 0.242 e. The van der Waals surface area contributed by atoms with Crippen molar-refractivity contribution in [1.82, 2.24) is 8.98 Å². The van der Waals surface area contributed by atoms with Gasteiger partial charge in [0.05, 0.1) is 29.6 Å². The molecule has 0 N–H and O–H groups in total. The molecule has 186 valence electrons. The molecule has 0 aliphatic carbocycles. The van der Waals surface area contributed by atoms with E-state index in [0.717, 1.165) is 21.2 Å². The molecular weight excluding hydrogens is 499 g/mol. The van der Waals surface area contributed by atoms with Crippen molar-refractivity contribution in [1.29, 1.82) is 0 Å². The van der Waals surface area contributed by atoms with Gasteiger partial charge in [-0.25, -0.2) is 26.8 Å². The van der Waals surface area contributed by atoms with Gasteiger partial charge in [-0.2, -0.15) is 5.10 Å². The predicted octanol–water partition coefficient (Wildman–Crippen LogP) is 5.04. The van der Waals surface area contributed by atoms with Crippen molar-refractivity contribution in [3.8, 4) is 17.0 Å². The van der Waals surface area contributed by atoms with Gasteiger partial charge in [0, 0.05) is 25.0 Å². The highest BCUT2D eigenvalue weighted by atomic mass is 32.2. The van der Waals surface area contributed by atoms with Crippen LogP contribution in [0.2, 0.25) is 0 Å². The van der Waals surface area contributed by atoms with Crippen molar-refractivity contribution < 1.29 is 17.5 Å². The molecule has 0 radical (unpaired) electrons. The molecule has 0 amide bonds. The van der Waals surface area contributed by atoms with Crippen LogP contribution in [0.15, 0.2) is 87.1 Å². The first-order valence-electron chi connectivity index (χ1n) is 10.9. The number of benzene rings is 3. The summed E-state index contributed by atoms with van der Waals surface area (Å²) >= 11 is 1.28. The van der Waals surface area contributed by atoms with Gasteiger partial charge in [-0.15, -0.1) is 11.3 Å². The second-order valence-electron chi connectivity index (χ2n) is 8.06. The number of sulfonamides is 1. The third-order valence-corrected chi connectivity index (χ3v) is 8.08. The number of hydrogen-bond acceptors (Lipinski definition) is 6. The van der Waals surface area contributed by atoms with Crippen LogP contribution in [0.1, 0.15) is 11.1 Å². The number of ether oxygens (including phenoxy) is 1. The van der Waals surface area contributed by atoms with Gasteiger partial charge in [-0.05, 0) is 66.6 Å². The van der Waals surface area contributed by atoms with E-state index in [1.54, 1.807) is 53.7 Å². The van der Waals surface area contributed by atoms with Crippen LogP contribution in [-0.4, -0.2) is 44.8 Å². The lowest BCUT2D eigenvalue weighted by atomic mass is 10.1. The van der Waals surface area contributed by atoms with Crippen LogP contribution in [0, 0.1) is 12.7 Å². The first-order valence-corrected chi connectivity index (χ1v) is 13.2. The molecule has 0 saturated heterocycles. The number of hydrogen-bond donors (Lipinski definition) is 0. The Morgan fingerprint density at radius 3 is 2.44 bits per heavy atom. The van der Waals surface area contributed by atoms with Gasteiger partial charge in [-0.3, -0.25) is 0 Å². The van der Waals surface area contributed by atoms with Crippen molar-refractivity contribution in [2.75, 3.05) is 21.2 Å². The molecule has 4 aromatic rings. The Balaban J connectivity index is 1.88. The van der Waals surface area contributed by atoms with E-state index in [1.165, 1.54) is 37.6 Å². The van der Waals surface area contributed by atoms with Gasteiger partial charge in [-0.1, -0.05) is 18.2 Å². The summed E-state index contributed by atoms with van der Waals surface area (Å²) in [6, 6.07) is 18.6. The van der Waals surface area contributed by atoms with E-state index in [-0.39, 0.29) is 10.7 Å². The number of halogens is 1. The Labute approximate surface area is 213 Å². The van der Waals surface area contributed by atoms with Crippen molar-refractivity contribution in [2.24, 2.45) is 10.1 Å². The highest BCUT2D eigenvalue weighted by Crippen LogP contribution is 2.26. The number of rotatable bonds is 7. The molecule has 1 heterocycles. The SMILES string of the molecule is COc1ccc(/C=N/n2c(-c3ccccc3F)csc2=Nc2cc(S(=O)(=O)N(C)C)ccc2C)cc1. The standard InChI is InChI=1S/C26H25FN4O3S2/c1-18-9-14-21(36(32,33)30(2)3)15-24(18)29-26-31(28-16-19-10-12-20(34-4)13-11-19)25(17-35-26)22-7-5-6-8-23(22)27/h5-17H,1-4H3/b28-16+,29-26?. The van der Waals surface area contributed by atoms with Gasteiger partial charge >= 0.3 is 0 Å². The Hall–Kier alpha value is -3.60. The van der Waals surface area contributed by atoms with Crippen LogP contribution < -0.4 is 9.54 Å². The maximum absolute atomic E-state index is 14.7. The van der Waals surface area contributed by atoms with E-state index in [0.29, 0.717) is 21.7 Å². The average molecular weight is 525 g/mol. The molecule has 0 aliphatic rings. The highest BCUT2D eigenvalue weighted by Gasteiger charge is 2.18. The lowest BCUT2D eigenvalue weighted by Crippen LogP contribution is -2.22. The van der Waals surface area contributed by atoms with Gasteiger partial charge in [0.15, 0.2) is 0 Å². The Morgan fingerprint density at radius 1 is 1.06 bits per heavy atom. The minimum absolute atomic E-state index is 0.135. The Kier molecular flexibility index (Phi) is 7.48. The molecule has 0 aliphatic heterocycles. The fourth-order valence-electron chi connectivity index (χ4n) is 3.34. The van der Waals surface area contributed by atoms with Gasteiger partial charge in [0.25, 0.3) is 0 Å². The van der Waals surface area contributed by atoms with E-state index in [2.05, 4.69) is 5.10 Å². The maximum atomic E-state index is 14.7. The molecule has 0 atom stereocenters. The summed E-state index contributed by atoms with van der Waals surface area (Å²) in [5, 5.41) is 6.39. The van der Waals surface area contributed by atoms with Crippen molar-refractivity contribution >= 4 is 33.3 Å². The molecule has 0 bridgehead atoms. The number of nitrogens with zero attached hydrogens (tertiary/aromatic N) is 4. The van der Waals surface area contributed by atoms with Crippen LogP contribution in [0.4, 0.5) is 10.1 Å². The highest BCUT2D eigenvalue weighted by molar-refractivity contribution is 7.89. The average Bonchev–Trinajstić information content (AvgIpc) is 3.26. The second-order valence-corrected chi connectivity index (χ2v) is 11.0. The van der Waals surface area contributed by atoms with Crippen LogP contribution in [0.5, 0.6) is 5.75 Å².